The Labute approximate surface area is 118 Å². The molecule has 1 aromatic carbocycles. The van der Waals surface area contributed by atoms with Crippen molar-refractivity contribution in [3.05, 3.63) is 29.8 Å². The van der Waals surface area contributed by atoms with E-state index in [0.717, 1.165) is 25.3 Å². The van der Waals surface area contributed by atoms with Gasteiger partial charge in [0, 0.05) is 10.6 Å². The van der Waals surface area contributed by atoms with Crippen molar-refractivity contribution in [3.8, 4) is 0 Å². The summed E-state index contributed by atoms with van der Waals surface area (Å²) in [7, 11) is 0. The molecule has 3 rings (SSSR count). The van der Waals surface area contributed by atoms with Crippen LogP contribution in [-0.2, 0) is 10.3 Å². The van der Waals surface area contributed by atoms with Crippen LogP contribution in [0.15, 0.2) is 29.2 Å². The zero-order chi connectivity index (χ0) is 13.3. The Hall–Kier alpha value is -1.00. The highest BCUT2D eigenvalue weighted by molar-refractivity contribution is 7.99. The highest BCUT2D eigenvalue weighted by Crippen LogP contribution is 2.47. The van der Waals surface area contributed by atoms with Crippen LogP contribution in [0.5, 0.6) is 0 Å². The second-order valence-corrected chi connectivity index (χ2v) is 6.53. The van der Waals surface area contributed by atoms with Gasteiger partial charge in [-0.1, -0.05) is 18.2 Å². The standard InChI is InChI=1S/C15H19NO2S/c17-14(18)11-15(16-8-3-4-9-16)7-10-19-13-6-2-1-5-12(13)15/h1-2,5-6H,3-4,7-11H2,(H,17,18). The van der Waals surface area contributed by atoms with E-state index in [1.54, 1.807) is 0 Å². The summed E-state index contributed by atoms with van der Waals surface area (Å²) in [5.41, 5.74) is 0.958. The Morgan fingerprint density at radius 2 is 2.05 bits per heavy atom. The fraction of sp³-hybridized carbons (Fsp3) is 0.533. The number of likely N-dealkylation sites (tertiary alicyclic amines) is 1. The van der Waals surface area contributed by atoms with Crippen molar-refractivity contribution >= 4 is 17.7 Å². The van der Waals surface area contributed by atoms with Crippen LogP contribution >= 0.6 is 11.8 Å². The number of aliphatic carboxylic acids is 1. The molecule has 3 nitrogen and oxygen atoms in total. The quantitative estimate of drug-likeness (QED) is 0.922. The highest BCUT2D eigenvalue weighted by atomic mass is 32.2. The summed E-state index contributed by atoms with van der Waals surface area (Å²) in [5, 5.41) is 9.38. The molecule has 19 heavy (non-hydrogen) atoms. The highest BCUT2D eigenvalue weighted by Gasteiger charge is 2.44. The number of hydrogen-bond acceptors (Lipinski definition) is 3. The molecule has 0 aromatic heterocycles. The minimum absolute atomic E-state index is 0.227. The summed E-state index contributed by atoms with van der Waals surface area (Å²) < 4.78 is 0. The molecular formula is C15H19NO2S. The summed E-state index contributed by atoms with van der Waals surface area (Å²) in [6.07, 6.45) is 3.55. The Kier molecular flexibility index (Phi) is 3.54. The smallest absolute Gasteiger partial charge is 0.305 e. The van der Waals surface area contributed by atoms with Crippen LogP contribution in [0.1, 0.15) is 31.2 Å². The van der Waals surface area contributed by atoms with Crippen LogP contribution in [0.3, 0.4) is 0 Å². The third-order valence-electron chi connectivity index (χ3n) is 4.32. The van der Waals surface area contributed by atoms with Gasteiger partial charge in [0.25, 0.3) is 0 Å². The van der Waals surface area contributed by atoms with E-state index in [1.807, 2.05) is 23.9 Å². The fourth-order valence-corrected chi connectivity index (χ4v) is 4.71. The molecule has 1 aromatic rings. The van der Waals surface area contributed by atoms with Gasteiger partial charge in [0.2, 0.25) is 0 Å². The summed E-state index contributed by atoms with van der Waals surface area (Å²) in [6.45, 7) is 2.07. The summed E-state index contributed by atoms with van der Waals surface area (Å²) in [5.74, 6) is 0.328. The maximum Gasteiger partial charge on any atom is 0.305 e. The van der Waals surface area contributed by atoms with E-state index in [1.165, 1.54) is 23.3 Å². The van der Waals surface area contributed by atoms with Crippen LogP contribution in [-0.4, -0.2) is 34.8 Å². The minimum atomic E-state index is -0.686. The van der Waals surface area contributed by atoms with Crippen molar-refractivity contribution in [2.45, 2.75) is 36.1 Å². The average molecular weight is 277 g/mol. The number of benzene rings is 1. The van der Waals surface area contributed by atoms with Gasteiger partial charge in [0.05, 0.1) is 12.0 Å². The van der Waals surface area contributed by atoms with Gasteiger partial charge in [-0.3, -0.25) is 9.69 Å². The third kappa shape index (κ3) is 2.28. The van der Waals surface area contributed by atoms with Gasteiger partial charge in [-0.05, 0) is 44.0 Å². The first kappa shape index (κ1) is 13.0. The monoisotopic (exact) mass is 277 g/mol. The van der Waals surface area contributed by atoms with E-state index in [2.05, 4.69) is 17.0 Å². The van der Waals surface area contributed by atoms with Gasteiger partial charge < -0.3 is 5.11 Å². The van der Waals surface area contributed by atoms with Gasteiger partial charge in [-0.15, -0.1) is 11.8 Å². The molecule has 2 heterocycles. The van der Waals surface area contributed by atoms with Crippen LogP contribution < -0.4 is 0 Å². The molecule has 2 aliphatic heterocycles. The number of carboxylic acids is 1. The van der Waals surface area contributed by atoms with Crippen molar-refractivity contribution in [3.63, 3.8) is 0 Å². The molecule has 0 amide bonds. The summed E-state index contributed by atoms with van der Waals surface area (Å²) >= 11 is 1.86. The molecule has 0 saturated carbocycles. The summed E-state index contributed by atoms with van der Waals surface area (Å²) in [6, 6.07) is 8.35. The van der Waals surface area contributed by atoms with E-state index >= 15 is 0 Å². The second kappa shape index (κ2) is 5.17. The number of carbonyl (C=O) groups is 1. The van der Waals surface area contributed by atoms with E-state index in [4.69, 9.17) is 0 Å². The molecule has 0 radical (unpaired) electrons. The van der Waals surface area contributed by atoms with E-state index in [9.17, 15) is 9.90 Å². The molecule has 1 N–H and O–H groups in total. The SMILES string of the molecule is O=C(O)CC1(N2CCCC2)CCSc2ccccc21. The lowest BCUT2D eigenvalue weighted by Crippen LogP contribution is -2.48. The van der Waals surface area contributed by atoms with E-state index < -0.39 is 5.97 Å². The predicted molar refractivity (Wildman–Crippen MR) is 76.5 cm³/mol. The number of hydrogen-bond donors (Lipinski definition) is 1. The van der Waals surface area contributed by atoms with Crippen LogP contribution in [0.4, 0.5) is 0 Å². The molecule has 1 atom stereocenters. The van der Waals surface area contributed by atoms with Gasteiger partial charge in [0.15, 0.2) is 0 Å². The van der Waals surface area contributed by atoms with E-state index in [0.29, 0.717) is 0 Å². The molecule has 102 valence electrons. The zero-order valence-electron chi connectivity index (χ0n) is 11.0. The second-order valence-electron chi connectivity index (χ2n) is 5.39. The predicted octanol–water partition coefficient (Wildman–Crippen LogP) is 2.95. The van der Waals surface area contributed by atoms with Gasteiger partial charge in [-0.2, -0.15) is 0 Å². The first-order valence-corrected chi connectivity index (χ1v) is 7.90. The first-order valence-electron chi connectivity index (χ1n) is 6.91. The lowest BCUT2D eigenvalue weighted by molar-refractivity contribution is -0.140. The number of nitrogens with zero attached hydrogens (tertiary/aromatic N) is 1. The molecule has 0 aliphatic carbocycles. The normalized spacial score (nSPS) is 27.2. The fourth-order valence-electron chi connectivity index (χ4n) is 3.46. The number of carboxylic acid groups (broad SMARTS) is 1. The van der Waals surface area contributed by atoms with Crippen molar-refractivity contribution < 1.29 is 9.90 Å². The largest absolute Gasteiger partial charge is 0.481 e. The molecule has 0 bridgehead atoms. The molecule has 1 saturated heterocycles. The zero-order valence-corrected chi connectivity index (χ0v) is 11.8. The van der Waals surface area contributed by atoms with Crippen molar-refractivity contribution in [1.29, 1.82) is 0 Å². The molecule has 4 heteroatoms. The average Bonchev–Trinajstić information content (AvgIpc) is 2.93. The Morgan fingerprint density at radius 1 is 1.32 bits per heavy atom. The molecular weight excluding hydrogens is 258 g/mol. The van der Waals surface area contributed by atoms with Crippen LogP contribution in [0, 0.1) is 0 Å². The first-order chi connectivity index (χ1) is 9.22. The number of fused-ring (bicyclic) bond motifs is 1. The number of thioether (sulfide) groups is 1. The number of rotatable bonds is 3. The van der Waals surface area contributed by atoms with Crippen molar-refractivity contribution in [2.24, 2.45) is 0 Å². The molecule has 2 aliphatic rings. The van der Waals surface area contributed by atoms with Crippen molar-refractivity contribution in [2.75, 3.05) is 18.8 Å². The van der Waals surface area contributed by atoms with Gasteiger partial charge in [0.1, 0.15) is 0 Å². The van der Waals surface area contributed by atoms with Gasteiger partial charge in [-0.25, -0.2) is 0 Å². The molecule has 1 fully saturated rings. The molecule has 1 unspecified atom stereocenters. The maximum atomic E-state index is 11.4. The van der Waals surface area contributed by atoms with E-state index in [-0.39, 0.29) is 12.0 Å². The van der Waals surface area contributed by atoms with Crippen LogP contribution in [0.25, 0.3) is 0 Å². The minimum Gasteiger partial charge on any atom is -0.481 e. The Balaban J connectivity index is 2.06. The lowest BCUT2D eigenvalue weighted by atomic mass is 9.82. The van der Waals surface area contributed by atoms with Crippen molar-refractivity contribution in [1.82, 2.24) is 4.90 Å². The topological polar surface area (TPSA) is 40.5 Å². The Morgan fingerprint density at radius 3 is 2.79 bits per heavy atom. The Bertz CT molecular complexity index is 485. The lowest BCUT2D eigenvalue weighted by Gasteiger charge is -2.45. The third-order valence-corrected chi connectivity index (χ3v) is 5.39. The van der Waals surface area contributed by atoms with Crippen LogP contribution in [0.2, 0.25) is 0 Å². The summed E-state index contributed by atoms with van der Waals surface area (Å²) in [4.78, 5) is 15.1. The maximum absolute atomic E-state index is 11.4. The van der Waals surface area contributed by atoms with Gasteiger partial charge >= 0.3 is 5.97 Å². The molecule has 0 spiro atoms.